The monoisotopic (exact) mass is 500 g/mol. The molecule has 1 heterocycles. The molecule has 0 unspecified atom stereocenters. The van der Waals surface area contributed by atoms with E-state index in [1.807, 2.05) is 25.1 Å². The van der Waals surface area contributed by atoms with Crippen LogP contribution < -0.4 is 19.1 Å². The smallest absolute Gasteiger partial charge is 0.264 e. The van der Waals surface area contributed by atoms with Gasteiger partial charge < -0.3 is 14.8 Å². The molecule has 3 aromatic carbocycles. The van der Waals surface area contributed by atoms with Crippen molar-refractivity contribution in [1.82, 2.24) is 5.32 Å². The van der Waals surface area contributed by atoms with Crippen LogP contribution in [0.2, 0.25) is 5.02 Å². The van der Waals surface area contributed by atoms with Gasteiger partial charge >= 0.3 is 0 Å². The fraction of sp³-hybridized carbons (Fsp3) is 0.240. The first-order valence-electron chi connectivity index (χ1n) is 10.7. The SMILES string of the molecule is COc1ccc(S(=O)(=O)N2C[C@@H](C(=O)NCCc3ccc(Cl)cc3)Oc3cc(C)ccc32)cc1. The third kappa shape index (κ3) is 5.13. The molecule has 0 spiro atoms. The molecule has 0 fully saturated rings. The summed E-state index contributed by atoms with van der Waals surface area (Å²) in [6.45, 7) is 2.12. The van der Waals surface area contributed by atoms with Gasteiger partial charge in [-0.1, -0.05) is 29.8 Å². The predicted octanol–water partition coefficient (Wildman–Crippen LogP) is 3.97. The summed E-state index contributed by atoms with van der Waals surface area (Å²) >= 11 is 5.91. The van der Waals surface area contributed by atoms with Crippen LogP contribution in [0.3, 0.4) is 0 Å². The van der Waals surface area contributed by atoms with E-state index >= 15 is 0 Å². The van der Waals surface area contributed by atoms with E-state index < -0.39 is 16.1 Å². The molecule has 34 heavy (non-hydrogen) atoms. The lowest BCUT2D eigenvalue weighted by Gasteiger charge is -2.35. The largest absolute Gasteiger partial charge is 0.497 e. The van der Waals surface area contributed by atoms with Crippen LogP contribution in [-0.2, 0) is 21.2 Å². The molecule has 0 aromatic heterocycles. The van der Waals surface area contributed by atoms with E-state index in [2.05, 4.69) is 5.32 Å². The summed E-state index contributed by atoms with van der Waals surface area (Å²) in [6, 6.07) is 18.8. The Hall–Kier alpha value is -3.23. The van der Waals surface area contributed by atoms with Gasteiger partial charge in [0.2, 0.25) is 0 Å². The van der Waals surface area contributed by atoms with Crippen LogP contribution >= 0.6 is 11.6 Å². The van der Waals surface area contributed by atoms with Gasteiger partial charge in [-0.2, -0.15) is 0 Å². The van der Waals surface area contributed by atoms with E-state index in [1.54, 1.807) is 36.4 Å². The minimum atomic E-state index is -3.94. The number of methoxy groups -OCH3 is 1. The fourth-order valence-corrected chi connectivity index (χ4v) is 5.30. The van der Waals surface area contributed by atoms with E-state index in [4.69, 9.17) is 21.1 Å². The van der Waals surface area contributed by atoms with Crippen molar-refractivity contribution < 1.29 is 22.7 Å². The summed E-state index contributed by atoms with van der Waals surface area (Å²) in [5.41, 5.74) is 2.31. The molecule has 1 N–H and O–H groups in total. The summed E-state index contributed by atoms with van der Waals surface area (Å²) in [7, 11) is -2.43. The lowest BCUT2D eigenvalue weighted by molar-refractivity contribution is -0.127. The quantitative estimate of drug-likeness (QED) is 0.530. The Balaban J connectivity index is 1.55. The number of benzene rings is 3. The Labute approximate surface area is 204 Å². The standard InChI is InChI=1S/C25H25ClN2O5S/c1-17-3-12-22-23(15-17)33-24(25(29)27-14-13-18-4-6-19(26)7-5-18)16-28(22)34(30,31)21-10-8-20(32-2)9-11-21/h3-12,15,24H,13-14,16H2,1-2H3,(H,27,29)/t24-/m0/s1. The summed E-state index contributed by atoms with van der Waals surface area (Å²) in [6.07, 6.45) is -0.383. The number of carbonyl (C=O) groups excluding carboxylic acids is 1. The summed E-state index contributed by atoms with van der Waals surface area (Å²) in [5.74, 6) is 0.520. The van der Waals surface area contributed by atoms with Crippen LogP contribution in [0.1, 0.15) is 11.1 Å². The topological polar surface area (TPSA) is 84.9 Å². The minimum absolute atomic E-state index is 0.101. The van der Waals surface area contributed by atoms with E-state index in [0.29, 0.717) is 35.2 Å². The highest BCUT2D eigenvalue weighted by molar-refractivity contribution is 7.92. The van der Waals surface area contributed by atoms with Gasteiger partial charge in [-0.15, -0.1) is 0 Å². The van der Waals surface area contributed by atoms with Crippen LogP contribution in [0.5, 0.6) is 11.5 Å². The molecule has 0 saturated carbocycles. The molecule has 0 bridgehead atoms. The van der Waals surface area contributed by atoms with Crippen LogP contribution in [0.15, 0.2) is 71.6 Å². The first-order valence-corrected chi connectivity index (χ1v) is 12.6. The number of nitrogens with one attached hydrogen (secondary N) is 1. The number of aryl methyl sites for hydroxylation is 1. The predicted molar refractivity (Wildman–Crippen MR) is 131 cm³/mol. The molecule has 4 rings (SSSR count). The number of anilines is 1. The summed E-state index contributed by atoms with van der Waals surface area (Å²) in [4.78, 5) is 13.0. The Morgan fingerprint density at radius 2 is 1.82 bits per heavy atom. The maximum Gasteiger partial charge on any atom is 0.264 e. The van der Waals surface area contributed by atoms with Crippen molar-refractivity contribution in [3.8, 4) is 11.5 Å². The average molecular weight is 501 g/mol. The molecule has 1 atom stereocenters. The van der Waals surface area contributed by atoms with E-state index in [-0.39, 0.29) is 17.3 Å². The second kappa shape index (κ2) is 9.95. The van der Waals surface area contributed by atoms with Crippen LogP contribution in [0, 0.1) is 6.92 Å². The molecular weight excluding hydrogens is 476 g/mol. The molecule has 1 amide bonds. The number of rotatable bonds is 7. The van der Waals surface area contributed by atoms with E-state index in [9.17, 15) is 13.2 Å². The number of ether oxygens (including phenoxy) is 2. The number of carbonyl (C=O) groups is 1. The maximum absolute atomic E-state index is 13.5. The lowest BCUT2D eigenvalue weighted by atomic mass is 10.1. The van der Waals surface area contributed by atoms with Crippen LogP contribution in [0.4, 0.5) is 5.69 Å². The average Bonchev–Trinajstić information content (AvgIpc) is 2.84. The Morgan fingerprint density at radius 1 is 1.12 bits per heavy atom. The lowest BCUT2D eigenvalue weighted by Crippen LogP contribution is -2.51. The van der Waals surface area contributed by atoms with Gasteiger partial charge in [0.15, 0.2) is 6.10 Å². The Morgan fingerprint density at radius 3 is 2.50 bits per heavy atom. The minimum Gasteiger partial charge on any atom is -0.497 e. The second-order valence-corrected chi connectivity index (χ2v) is 10.3. The maximum atomic E-state index is 13.5. The van der Waals surface area contributed by atoms with Gasteiger partial charge in [-0.25, -0.2) is 8.42 Å². The van der Waals surface area contributed by atoms with Gasteiger partial charge in [-0.05, 0) is 73.0 Å². The number of amides is 1. The molecule has 0 radical (unpaired) electrons. The number of hydrogen-bond acceptors (Lipinski definition) is 5. The molecule has 0 saturated heterocycles. The van der Waals surface area contributed by atoms with E-state index in [0.717, 1.165) is 11.1 Å². The van der Waals surface area contributed by atoms with Gasteiger partial charge in [0.25, 0.3) is 15.9 Å². The van der Waals surface area contributed by atoms with Crippen LogP contribution in [-0.4, -0.2) is 40.6 Å². The van der Waals surface area contributed by atoms with Crippen molar-refractivity contribution in [1.29, 1.82) is 0 Å². The van der Waals surface area contributed by atoms with Crippen molar-refractivity contribution in [2.24, 2.45) is 0 Å². The van der Waals surface area contributed by atoms with Gasteiger partial charge in [0.1, 0.15) is 11.5 Å². The van der Waals surface area contributed by atoms with Gasteiger partial charge in [0.05, 0.1) is 24.2 Å². The molecule has 3 aromatic rings. The van der Waals surface area contributed by atoms with Crippen molar-refractivity contribution in [2.75, 3.05) is 24.5 Å². The third-order valence-electron chi connectivity index (χ3n) is 5.55. The molecule has 1 aliphatic heterocycles. The third-order valence-corrected chi connectivity index (χ3v) is 7.60. The van der Waals surface area contributed by atoms with Gasteiger partial charge in [0, 0.05) is 11.6 Å². The zero-order valence-corrected chi connectivity index (χ0v) is 20.4. The molecular formula is C25H25ClN2O5S. The highest BCUT2D eigenvalue weighted by atomic mass is 35.5. The normalized spacial score (nSPS) is 15.3. The zero-order valence-electron chi connectivity index (χ0n) is 18.8. The molecule has 1 aliphatic rings. The molecule has 7 nitrogen and oxygen atoms in total. The van der Waals surface area contributed by atoms with Gasteiger partial charge in [-0.3, -0.25) is 9.10 Å². The Kier molecular flexibility index (Phi) is 7.00. The van der Waals surface area contributed by atoms with E-state index in [1.165, 1.54) is 23.5 Å². The number of halogens is 1. The first kappa shape index (κ1) is 23.9. The molecule has 0 aliphatic carbocycles. The number of sulfonamides is 1. The molecule has 178 valence electrons. The fourth-order valence-electron chi connectivity index (χ4n) is 3.70. The van der Waals surface area contributed by atoms with Crippen molar-refractivity contribution in [2.45, 2.75) is 24.3 Å². The zero-order chi connectivity index (χ0) is 24.3. The second-order valence-electron chi connectivity index (χ2n) is 7.96. The highest BCUT2D eigenvalue weighted by Crippen LogP contribution is 2.38. The number of fused-ring (bicyclic) bond motifs is 1. The van der Waals surface area contributed by atoms with Crippen LogP contribution in [0.25, 0.3) is 0 Å². The van der Waals surface area contributed by atoms with Crippen molar-refractivity contribution in [3.05, 3.63) is 82.9 Å². The van der Waals surface area contributed by atoms with Crippen molar-refractivity contribution >= 4 is 33.2 Å². The molecule has 9 heteroatoms. The number of nitrogens with zero attached hydrogens (tertiary/aromatic N) is 1. The number of hydrogen-bond donors (Lipinski definition) is 1. The highest BCUT2D eigenvalue weighted by Gasteiger charge is 2.37. The summed E-state index contributed by atoms with van der Waals surface area (Å²) in [5, 5.41) is 3.50. The Bertz CT molecular complexity index is 1280. The van der Waals surface area contributed by atoms with Crippen molar-refractivity contribution in [3.63, 3.8) is 0 Å². The summed E-state index contributed by atoms with van der Waals surface area (Å²) < 4.78 is 39.3. The first-order chi connectivity index (χ1) is 16.3.